The fraction of sp³-hybridized carbons (Fsp3) is 0.700. The van der Waals surface area contributed by atoms with Crippen LogP contribution in [-0.2, 0) is 4.79 Å². The number of nitrogens with two attached hydrogens (primary N) is 1. The van der Waals surface area contributed by atoms with Gasteiger partial charge < -0.3 is 5.73 Å². The molecule has 0 unspecified atom stereocenters. The van der Waals surface area contributed by atoms with Gasteiger partial charge in [-0.2, -0.15) is 0 Å². The molecule has 0 heterocycles. The smallest absolute Gasteiger partial charge is 0.158 e. The third-order valence-corrected chi connectivity index (χ3v) is 2.78. The molecular weight excluding hydrogens is 150 g/mol. The van der Waals surface area contributed by atoms with Crippen LogP contribution in [0.2, 0.25) is 0 Å². The van der Waals surface area contributed by atoms with Gasteiger partial charge in [-0.05, 0) is 44.2 Å². The van der Waals surface area contributed by atoms with E-state index >= 15 is 0 Å². The summed E-state index contributed by atoms with van der Waals surface area (Å²) in [5, 5.41) is 0. The number of ketones is 1. The maximum Gasteiger partial charge on any atom is 0.158 e. The van der Waals surface area contributed by atoms with Crippen LogP contribution in [0.25, 0.3) is 0 Å². The molecule has 0 bridgehead atoms. The highest BCUT2D eigenvalue weighted by molar-refractivity contribution is 5.91. The Hall–Kier alpha value is -0.630. The highest BCUT2D eigenvalue weighted by Crippen LogP contribution is 2.28. The van der Waals surface area contributed by atoms with Crippen LogP contribution < -0.4 is 5.73 Å². The first kappa shape index (κ1) is 9.46. The van der Waals surface area contributed by atoms with Gasteiger partial charge >= 0.3 is 0 Å². The Morgan fingerprint density at radius 2 is 2.00 bits per heavy atom. The van der Waals surface area contributed by atoms with Crippen LogP contribution in [0, 0.1) is 11.8 Å². The van der Waals surface area contributed by atoms with E-state index < -0.39 is 0 Å². The SMILES string of the molecule is C=CC(=O)C1CCC(CN)CC1. The lowest BCUT2D eigenvalue weighted by atomic mass is 9.80. The standard InChI is InChI=1S/C10H17NO/c1-2-10(12)9-5-3-8(7-11)4-6-9/h2,8-9H,1,3-7,11H2. The molecule has 1 aliphatic carbocycles. The summed E-state index contributed by atoms with van der Waals surface area (Å²) < 4.78 is 0. The second kappa shape index (κ2) is 4.41. The number of hydrogen-bond acceptors (Lipinski definition) is 2. The average Bonchev–Trinajstić information content (AvgIpc) is 2.17. The van der Waals surface area contributed by atoms with Crippen molar-refractivity contribution < 1.29 is 4.79 Å². The highest BCUT2D eigenvalue weighted by Gasteiger charge is 2.23. The van der Waals surface area contributed by atoms with Crippen LogP contribution in [0.15, 0.2) is 12.7 Å². The second-order valence-corrected chi connectivity index (χ2v) is 3.56. The molecule has 68 valence electrons. The Morgan fingerprint density at radius 3 is 2.42 bits per heavy atom. The van der Waals surface area contributed by atoms with Crippen molar-refractivity contribution in [3.05, 3.63) is 12.7 Å². The summed E-state index contributed by atoms with van der Waals surface area (Å²) in [4.78, 5) is 11.2. The van der Waals surface area contributed by atoms with E-state index in [0.717, 1.165) is 32.2 Å². The average molecular weight is 167 g/mol. The van der Waals surface area contributed by atoms with Gasteiger partial charge in [-0.3, -0.25) is 4.79 Å². The lowest BCUT2D eigenvalue weighted by Crippen LogP contribution is -2.24. The maximum atomic E-state index is 11.2. The molecule has 0 radical (unpaired) electrons. The first-order valence-electron chi connectivity index (χ1n) is 4.64. The van der Waals surface area contributed by atoms with Crippen molar-refractivity contribution in [2.75, 3.05) is 6.54 Å². The zero-order valence-electron chi connectivity index (χ0n) is 7.46. The Bertz CT molecular complexity index is 169. The van der Waals surface area contributed by atoms with Gasteiger partial charge in [0.1, 0.15) is 0 Å². The molecule has 1 aliphatic rings. The summed E-state index contributed by atoms with van der Waals surface area (Å²) in [7, 11) is 0. The van der Waals surface area contributed by atoms with Crippen molar-refractivity contribution >= 4 is 5.78 Å². The van der Waals surface area contributed by atoms with Gasteiger partial charge in [-0.1, -0.05) is 6.58 Å². The number of hydrogen-bond donors (Lipinski definition) is 1. The highest BCUT2D eigenvalue weighted by atomic mass is 16.1. The van der Waals surface area contributed by atoms with E-state index in [-0.39, 0.29) is 11.7 Å². The van der Waals surface area contributed by atoms with Crippen LogP contribution in [0.1, 0.15) is 25.7 Å². The zero-order chi connectivity index (χ0) is 8.97. The van der Waals surface area contributed by atoms with Crippen LogP contribution in [0.5, 0.6) is 0 Å². The van der Waals surface area contributed by atoms with Crippen molar-refractivity contribution in [3.63, 3.8) is 0 Å². The van der Waals surface area contributed by atoms with E-state index in [0.29, 0.717) is 5.92 Å². The minimum Gasteiger partial charge on any atom is -0.330 e. The molecular formula is C10H17NO. The van der Waals surface area contributed by atoms with Crippen LogP contribution >= 0.6 is 0 Å². The maximum absolute atomic E-state index is 11.2. The van der Waals surface area contributed by atoms with E-state index in [9.17, 15) is 4.79 Å². The summed E-state index contributed by atoms with van der Waals surface area (Å²) in [6.45, 7) is 4.27. The molecule has 2 N–H and O–H groups in total. The molecule has 0 atom stereocenters. The van der Waals surface area contributed by atoms with Gasteiger partial charge in [0.25, 0.3) is 0 Å². The van der Waals surface area contributed by atoms with E-state index in [1.54, 1.807) is 0 Å². The van der Waals surface area contributed by atoms with Crippen molar-refractivity contribution in [3.8, 4) is 0 Å². The molecule has 1 fully saturated rings. The van der Waals surface area contributed by atoms with Crippen molar-refractivity contribution in [2.45, 2.75) is 25.7 Å². The summed E-state index contributed by atoms with van der Waals surface area (Å²) in [6, 6.07) is 0. The molecule has 0 aromatic carbocycles. The fourth-order valence-corrected chi connectivity index (χ4v) is 1.85. The first-order chi connectivity index (χ1) is 5.77. The van der Waals surface area contributed by atoms with Crippen LogP contribution in [-0.4, -0.2) is 12.3 Å². The van der Waals surface area contributed by atoms with Crippen molar-refractivity contribution in [2.24, 2.45) is 17.6 Å². The van der Waals surface area contributed by atoms with Gasteiger partial charge in [0.05, 0.1) is 0 Å². The molecule has 1 saturated carbocycles. The molecule has 0 aromatic heterocycles. The topological polar surface area (TPSA) is 43.1 Å². The van der Waals surface area contributed by atoms with Gasteiger partial charge in [0.2, 0.25) is 0 Å². The Balaban J connectivity index is 2.35. The fourth-order valence-electron chi connectivity index (χ4n) is 1.85. The largest absolute Gasteiger partial charge is 0.330 e. The number of allylic oxidation sites excluding steroid dienone is 1. The normalized spacial score (nSPS) is 29.8. The molecule has 0 aliphatic heterocycles. The van der Waals surface area contributed by atoms with E-state index in [1.165, 1.54) is 6.08 Å². The summed E-state index contributed by atoms with van der Waals surface area (Å²) >= 11 is 0. The molecule has 2 heteroatoms. The quantitative estimate of drug-likeness (QED) is 0.647. The number of rotatable bonds is 3. The van der Waals surface area contributed by atoms with E-state index in [4.69, 9.17) is 5.73 Å². The van der Waals surface area contributed by atoms with Gasteiger partial charge in [0, 0.05) is 5.92 Å². The van der Waals surface area contributed by atoms with Crippen molar-refractivity contribution in [1.29, 1.82) is 0 Å². The molecule has 12 heavy (non-hydrogen) atoms. The van der Waals surface area contributed by atoms with Gasteiger partial charge in [0.15, 0.2) is 5.78 Å². The monoisotopic (exact) mass is 167 g/mol. The van der Waals surface area contributed by atoms with Gasteiger partial charge in [-0.15, -0.1) is 0 Å². The first-order valence-corrected chi connectivity index (χ1v) is 4.64. The Labute approximate surface area is 73.8 Å². The number of carbonyl (C=O) groups excluding carboxylic acids is 1. The number of carbonyl (C=O) groups is 1. The van der Waals surface area contributed by atoms with E-state index in [1.807, 2.05) is 0 Å². The molecule has 1 rings (SSSR count). The van der Waals surface area contributed by atoms with E-state index in [2.05, 4.69) is 6.58 Å². The Morgan fingerprint density at radius 1 is 1.42 bits per heavy atom. The van der Waals surface area contributed by atoms with Gasteiger partial charge in [-0.25, -0.2) is 0 Å². The van der Waals surface area contributed by atoms with Crippen molar-refractivity contribution in [1.82, 2.24) is 0 Å². The lowest BCUT2D eigenvalue weighted by molar-refractivity contribution is -0.119. The minimum absolute atomic E-state index is 0.213. The Kier molecular flexibility index (Phi) is 3.48. The van der Waals surface area contributed by atoms with Crippen LogP contribution in [0.3, 0.4) is 0 Å². The zero-order valence-corrected chi connectivity index (χ0v) is 7.46. The molecule has 2 nitrogen and oxygen atoms in total. The third kappa shape index (κ3) is 2.18. The summed E-state index contributed by atoms with van der Waals surface area (Å²) in [5.74, 6) is 1.11. The van der Waals surface area contributed by atoms with Crippen LogP contribution in [0.4, 0.5) is 0 Å². The summed E-state index contributed by atoms with van der Waals surface area (Å²) in [5.41, 5.74) is 5.55. The lowest BCUT2D eigenvalue weighted by Gasteiger charge is -2.25. The minimum atomic E-state index is 0.213. The molecule has 0 spiro atoms. The summed E-state index contributed by atoms with van der Waals surface area (Å²) in [6.07, 6.45) is 5.69. The molecule has 0 amide bonds. The second-order valence-electron chi connectivity index (χ2n) is 3.56. The molecule has 0 saturated heterocycles. The predicted octanol–water partition coefficient (Wildman–Crippen LogP) is 1.51. The third-order valence-electron chi connectivity index (χ3n) is 2.78. The predicted molar refractivity (Wildman–Crippen MR) is 49.7 cm³/mol. The molecule has 0 aromatic rings.